The Morgan fingerprint density at radius 3 is 2.94 bits per heavy atom. The van der Waals surface area contributed by atoms with Crippen molar-refractivity contribution in [3.63, 3.8) is 0 Å². The number of hydrogen-bond donors (Lipinski definition) is 1. The number of aromatic nitrogens is 1. The van der Waals surface area contributed by atoms with E-state index in [-0.39, 0.29) is 5.75 Å². The third-order valence-corrected chi connectivity index (χ3v) is 2.84. The Morgan fingerprint density at radius 2 is 2.18 bits per heavy atom. The maximum Gasteiger partial charge on any atom is 0.180 e. The van der Waals surface area contributed by atoms with Gasteiger partial charge < -0.3 is 9.52 Å². The van der Waals surface area contributed by atoms with Crippen LogP contribution in [0, 0.1) is 0 Å². The molecule has 3 rings (SSSR count). The highest BCUT2D eigenvalue weighted by atomic mass is 16.4. The van der Waals surface area contributed by atoms with Crippen molar-refractivity contribution in [3.05, 3.63) is 36.2 Å². The van der Waals surface area contributed by atoms with Crippen LogP contribution in [0.4, 0.5) is 0 Å². The number of furan rings is 1. The van der Waals surface area contributed by atoms with E-state index in [1.807, 2.05) is 30.1 Å². The molecule has 0 fully saturated rings. The van der Waals surface area contributed by atoms with E-state index in [0.29, 0.717) is 22.1 Å². The van der Waals surface area contributed by atoms with Gasteiger partial charge in [0.25, 0.3) is 0 Å². The summed E-state index contributed by atoms with van der Waals surface area (Å²) in [6, 6.07) is 4.87. The van der Waals surface area contributed by atoms with Crippen LogP contribution in [0.25, 0.3) is 21.9 Å². The van der Waals surface area contributed by atoms with Gasteiger partial charge in [-0.1, -0.05) is 0 Å². The molecule has 17 heavy (non-hydrogen) atoms. The fourth-order valence-corrected chi connectivity index (χ4v) is 2.04. The Labute approximate surface area is 96.7 Å². The molecular formula is C13H10NO3+. The second kappa shape index (κ2) is 3.31. The monoisotopic (exact) mass is 228 g/mol. The number of hydrogen-bond acceptors (Lipinski definition) is 3. The number of pyridine rings is 1. The summed E-state index contributed by atoms with van der Waals surface area (Å²) in [6.45, 7) is 0. The molecule has 0 atom stereocenters. The van der Waals surface area contributed by atoms with Crippen molar-refractivity contribution in [3.8, 4) is 5.75 Å². The number of phenolic OH excluding ortho intramolecular Hbond substituents is 1. The third kappa shape index (κ3) is 1.30. The van der Waals surface area contributed by atoms with Crippen molar-refractivity contribution in [1.29, 1.82) is 0 Å². The maximum absolute atomic E-state index is 11.0. The van der Waals surface area contributed by atoms with Gasteiger partial charge >= 0.3 is 0 Å². The summed E-state index contributed by atoms with van der Waals surface area (Å²) in [5.41, 5.74) is 1.53. The lowest BCUT2D eigenvalue weighted by molar-refractivity contribution is -0.670. The van der Waals surface area contributed by atoms with E-state index in [4.69, 9.17) is 4.42 Å². The lowest BCUT2D eigenvalue weighted by atomic mass is 10.1. The van der Waals surface area contributed by atoms with E-state index in [1.165, 1.54) is 6.07 Å². The number of fused-ring (bicyclic) bond motifs is 3. The number of carbonyl (C=O) groups is 1. The Bertz CT molecular complexity index is 743. The second-order valence-corrected chi connectivity index (χ2v) is 3.99. The molecule has 0 saturated carbocycles. The van der Waals surface area contributed by atoms with Crippen LogP contribution < -0.4 is 4.57 Å². The van der Waals surface area contributed by atoms with Gasteiger partial charge in [0.05, 0.1) is 5.39 Å². The molecule has 0 aliphatic rings. The number of benzene rings is 1. The minimum Gasteiger partial charge on any atom is -0.504 e. The molecule has 4 heteroatoms. The molecule has 84 valence electrons. The molecule has 0 spiro atoms. The van der Waals surface area contributed by atoms with Crippen LogP contribution in [-0.2, 0) is 7.05 Å². The van der Waals surface area contributed by atoms with Crippen LogP contribution in [0.2, 0.25) is 0 Å². The number of aromatic hydroxyl groups is 1. The molecule has 0 radical (unpaired) electrons. The van der Waals surface area contributed by atoms with Gasteiger partial charge in [0.1, 0.15) is 12.6 Å². The average molecular weight is 228 g/mol. The lowest BCUT2D eigenvalue weighted by Gasteiger charge is -1.95. The molecule has 0 amide bonds. The zero-order chi connectivity index (χ0) is 12.0. The predicted octanol–water partition coefficient (Wildman–Crippen LogP) is 1.93. The minimum atomic E-state index is 0.0458. The van der Waals surface area contributed by atoms with Crippen LogP contribution in [0.1, 0.15) is 10.4 Å². The summed E-state index contributed by atoms with van der Waals surface area (Å²) in [7, 11) is 1.89. The number of nitrogens with zero attached hydrogens (tertiary/aromatic N) is 1. The molecule has 0 unspecified atom stereocenters. The zero-order valence-electron chi connectivity index (χ0n) is 9.18. The van der Waals surface area contributed by atoms with Gasteiger partial charge in [-0.25, -0.2) is 4.57 Å². The van der Waals surface area contributed by atoms with Crippen molar-refractivity contribution in [1.82, 2.24) is 0 Å². The third-order valence-electron chi connectivity index (χ3n) is 2.84. The van der Waals surface area contributed by atoms with E-state index >= 15 is 0 Å². The molecule has 2 heterocycles. The topological polar surface area (TPSA) is 54.3 Å². The number of rotatable bonds is 1. The van der Waals surface area contributed by atoms with E-state index in [9.17, 15) is 9.90 Å². The predicted molar refractivity (Wildman–Crippen MR) is 61.9 cm³/mol. The zero-order valence-corrected chi connectivity index (χ0v) is 9.18. The quantitative estimate of drug-likeness (QED) is 0.511. The second-order valence-electron chi connectivity index (χ2n) is 3.99. The van der Waals surface area contributed by atoms with Gasteiger partial charge in [0, 0.05) is 17.0 Å². The molecule has 4 nitrogen and oxygen atoms in total. The number of phenols is 1. The van der Waals surface area contributed by atoms with E-state index in [0.717, 1.165) is 11.7 Å². The summed E-state index contributed by atoms with van der Waals surface area (Å²) >= 11 is 0. The van der Waals surface area contributed by atoms with Crippen LogP contribution in [0.3, 0.4) is 0 Å². The SMILES string of the molecule is C[n+]1ccc2oc3c(O)ccc(C=O)c3c2c1. The molecule has 3 aromatic rings. The largest absolute Gasteiger partial charge is 0.504 e. The fourth-order valence-electron chi connectivity index (χ4n) is 2.04. The van der Waals surface area contributed by atoms with Crippen molar-refractivity contribution in [2.75, 3.05) is 0 Å². The lowest BCUT2D eigenvalue weighted by Crippen LogP contribution is -2.25. The summed E-state index contributed by atoms with van der Waals surface area (Å²) in [5, 5.41) is 11.2. The fraction of sp³-hybridized carbons (Fsp3) is 0.0769. The summed E-state index contributed by atoms with van der Waals surface area (Å²) in [4.78, 5) is 11.0. The first-order valence-corrected chi connectivity index (χ1v) is 5.19. The molecule has 0 aliphatic heterocycles. The Hall–Kier alpha value is -2.36. The molecule has 0 bridgehead atoms. The minimum absolute atomic E-state index is 0.0458. The van der Waals surface area contributed by atoms with Gasteiger partial charge in [0.2, 0.25) is 0 Å². The molecule has 0 aliphatic carbocycles. The van der Waals surface area contributed by atoms with Crippen molar-refractivity contribution < 1.29 is 18.9 Å². The number of aryl methyl sites for hydroxylation is 1. The van der Waals surface area contributed by atoms with Gasteiger partial charge in [-0.15, -0.1) is 0 Å². The molecule has 0 saturated heterocycles. The molecular weight excluding hydrogens is 218 g/mol. The van der Waals surface area contributed by atoms with E-state index < -0.39 is 0 Å². The van der Waals surface area contributed by atoms with Gasteiger partial charge in [0.15, 0.2) is 30.0 Å². The van der Waals surface area contributed by atoms with Gasteiger partial charge in [-0.2, -0.15) is 0 Å². The standard InChI is InChI=1S/C13H9NO3/c1-14-5-4-11-9(6-14)12-8(7-15)2-3-10(16)13(12)17-11/h2-7H,1H3/p+1. The maximum atomic E-state index is 11.0. The first kappa shape index (κ1) is 9.84. The van der Waals surface area contributed by atoms with Crippen molar-refractivity contribution in [2.45, 2.75) is 0 Å². The highest BCUT2D eigenvalue weighted by molar-refractivity contribution is 6.13. The van der Waals surface area contributed by atoms with E-state index in [2.05, 4.69) is 0 Å². The summed E-state index contributed by atoms with van der Waals surface area (Å²) in [5.74, 6) is 0.0458. The highest BCUT2D eigenvalue weighted by Crippen LogP contribution is 2.35. The normalized spacial score (nSPS) is 11.1. The van der Waals surface area contributed by atoms with E-state index in [1.54, 1.807) is 6.07 Å². The highest BCUT2D eigenvalue weighted by Gasteiger charge is 2.16. The first-order valence-electron chi connectivity index (χ1n) is 5.19. The van der Waals surface area contributed by atoms with Crippen LogP contribution in [0.5, 0.6) is 5.75 Å². The smallest absolute Gasteiger partial charge is 0.180 e. The molecule has 1 N–H and O–H groups in total. The van der Waals surface area contributed by atoms with Crippen molar-refractivity contribution >= 4 is 28.2 Å². The Morgan fingerprint density at radius 1 is 1.35 bits per heavy atom. The van der Waals surface area contributed by atoms with Crippen LogP contribution in [0.15, 0.2) is 35.0 Å². The van der Waals surface area contributed by atoms with Crippen LogP contribution >= 0.6 is 0 Å². The van der Waals surface area contributed by atoms with Gasteiger partial charge in [-0.05, 0) is 12.1 Å². The number of carbonyl (C=O) groups excluding carboxylic acids is 1. The molecule has 2 aromatic heterocycles. The first-order chi connectivity index (χ1) is 8.20. The van der Waals surface area contributed by atoms with Crippen molar-refractivity contribution in [2.24, 2.45) is 7.05 Å². The molecule has 1 aromatic carbocycles. The summed E-state index contributed by atoms with van der Waals surface area (Å²) < 4.78 is 7.43. The van der Waals surface area contributed by atoms with Crippen LogP contribution in [-0.4, -0.2) is 11.4 Å². The number of aldehydes is 1. The summed E-state index contributed by atoms with van der Waals surface area (Å²) in [6.07, 6.45) is 4.49. The Kier molecular flexibility index (Phi) is 1.92. The van der Waals surface area contributed by atoms with Gasteiger partial charge in [-0.3, -0.25) is 4.79 Å². The Balaban J connectivity index is 2.61. The average Bonchev–Trinajstić information content (AvgIpc) is 2.70.